The van der Waals surface area contributed by atoms with E-state index in [9.17, 15) is 9.90 Å². The van der Waals surface area contributed by atoms with Gasteiger partial charge in [-0.1, -0.05) is 29.8 Å². The summed E-state index contributed by atoms with van der Waals surface area (Å²) in [5, 5.41) is 9.72. The van der Waals surface area contributed by atoms with Crippen molar-refractivity contribution in [1.29, 1.82) is 0 Å². The van der Waals surface area contributed by atoms with Crippen molar-refractivity contribution < 1.29 is 5.11 Å². The Morgan fingerprint density at radius 1 is 1.39 bits per heavy atom. The summed E-state index contributed by atoms with van der Waals surface area (Å²) in [6, 6.07) is 6.73. The maximum atomic E-state index is 11.9. The summed E-state index contributed by atoms with van der Waals surface area (Å²) in [6.45, 7) is 1.65. The van der Waals surface area contributed by atoms with E-state index in [0.29, 0.717) is 10.6 Å². The molecule has 0 saturated carbocycles. The molecule has 0 radical (unpaired) electrons. The second-order valence-corrected chi connectivity index (χ2v) is 4.81. The molecule has 0 saturated heterocycles. The van der Waals surface area contributed by atoms with Crippen molar-refractivity contribution in [3.8, 4) is 17.0 Å². The van der Waals surface area contributed by atoms with E-state index >= 15 is 0 Å². The van der Waals surface area contributed by atoms with Crippen LogP contribution in [0.3, 0.4) is 0 Å². The number of alkyl halides is 1. The lowest BCUT2D eigenvalue weighted by Crippen LogP contribution is -2.14. The zero-order valence-electron chi connectivity index (χ0n) is 9.45. The molecule has 1 aromatic carbocycles. The third-order valence-corrected chi connectivity index (χ3v) is 2.97. The number of nitrogens with zero attached hydrogens (tertiary/aromatic N) is 1. The topological polar surface area (TPSA) is 66.0 Å². The highest BCUT2D eigenvalue weighted by atomic mass is 35.5. The van der Waals surface area contributed by atoms with Crippen molar-refractivity contribution in [3.05, 3.63) is 45.5 Å². The Bertz CT molecular complexity index is 638. The van der Waals surface area contributed by atoms with Crippen molar-refractivity contribution >= 4 is 23.2 Å². The van der Waals surface area contributed by atoms with Crippen LogP contribution in [-0.2, 0) is 0 Å². The zero-order chi connectivity index (χ0) is 13.3. The number of hydrogen-bond donors (Lipinski definition) is 2. The molecule has 4 nitrogen and oxygen atoms in total. The van der Waals surface area contributed by atoms with E-state index in [2.05, 4.69) is 9.97 Å². The van der Waals surface area contributed by atoms with E-state index in [1.165, 1.54) is 0 Å². The molecule has 0 amide bonds. The molecule has 1 atom stereocenters. The Labute approximate surface area is 113 Å². The minimum atomic E-state index is -0.496. The lowest BCUT2D eigenvalue weighted by atomic mass is 10.1. The van der Waals surface area contributed by atoms with E-state index in [1.54, 1.807) is 31.2 Å². The average molecular weight is 285 g/mol. The van der Waals surface area contributed by atoms with Crippen LogP contribution in [-0.4, -0.2) is 15.1 Å². The number of rotatable bonds is 2. The van der Waals surface area contributed by atoms with Crippen LogP contribution in [0.1, 0.15) is 18.1 Å². The number of H-pyrrole nitrogens is 1. The number of aromatic nitrogens is 2. The number of halogens is 2. The van der Waals surface area contributed by atoms with Gasteiger partial charge in [0.05, 0.1) is 5.38 Å². The summed E-state index contributed by atoms with van der Waals surface area (Å²) in [6.07, 6.45) is 0. The van der Waals surface area contributed by atoms with Crippen LogP contribution < -0.4 is 5.56 Å². The first-order valence-electron chi connectivity index (χ1n) is 5.23. The van der Waals surface area contributed by atoms with Crippen molar-refractivity contribution in [2.24, 2.45) is 0 Å². The molecule has 18 heavy (non-hydrogen) atoms. The molecule has 0 aliphatic rings. The molecule has 1 heterocycles. The smallest absolute Gasteiger partial charge is 0.262 e. The van der Waals surface area contributed by atoms with Crippen molar-refractivity contribution in [1.82, 2.24) is 9.97 Å². The van der Waals surface area contributed by atoms with Crippen molar-refractivity contribution in [3.63, 3.8) is 0 Å². The number of nitrogens with one attached hydrogen (secondary N) is 1. The molecular weight excluding hydrogens is 275 g/mol. The van der Waals surface area contributed by atoms with Gasteiger partial charge in [0.1, 0.15) is 11.4 Å². The number of hydrogen-bond acceptors (Lipinski definition) is 3. The Hall–Kier alpha value is -1.52. The fourth-order valence-corrected chi connectivity index (χ4v) is 1.91. The van der Waals surface area contributed by atoms with Crippen molar-refractivity contribution in [2.75, 3.05) is 0 Å². The summed E-state index contributed by atoms with van der Waals surface area (Å²) in [5.41, 5.74) is -0.000964. The molecular formula is C12H10Cl2N2O2. The Balaban J connectivity index is 2.67. The Morgan fingerprint density at radius 3 is 2.61 bits per heavy atom. The van der Waals surface area contributed by atoms with Gasteiger partial charge in [-0.05, 0) is 13.0 Å². The van der Waals surface area contributed by atoms with Crippen LogP contribution >= 0.6 is 23.2 Å². The van der Waals surface area contributed by atoms with Gasteiger partial charge < -0.3 is 10.1 Å². The van der Waals surface area contributed by atoms with Gasteiger partial charge in [-0.25, -0.2) is 0 Å². The largest absolute Gasteiger partial charge is 0.493 e. The standard InChI is InChI=1S/C12H10Cl2N2O2/c1-6(13)10-15-11(17)9(12(18)16-10)7-4-2-3-5-8(7)14/h2-6H,1H3,(H2,15,16,17,18). The van der Waals surface area contributed by atoms with E-state index in [0.717, 1.165) is 0 Å². The van der Waals surface area contributed by atoms with Crippen LogP contribution in [0.25, 0.3) is 11.1 Å². The Morgan fingerprint density at radius 2 is 2.06 bits per heavy atom. The predicted molar refractivity (Wildman–Crippen MR) is 71.2 cm³/mol. The maximum absolute atomic E-state index is 11.9. The highest BCUT2D eigenvalue weighted by Gasteiger charge is 2.16. The van der Waals surface area contributed by atoms with Gasteiger partial charge in [-0.3, -0.25) is 4.79 Å². The zero-order valence-corrected chi connectivity index (χ0v) is 11.0. The van der Waals surface area contributed by atoms with Crippen LogP contribution in [0.4, 0.5) is 0 Å². The van der Waals surface area contributed by atoms with Gasteiger partial charge in [-0.2, -0.15) is 4.98 Å². The molecule has 1 aromatic heterocycles. The molecule has 2 N–H and O–H groups in total. The van der Waals surface area contributed by atoms with E-state index in [1.807, 2.05) is 0 Å². The average Bonchev–Trinajstić information content (AvgIpc) is 2.30. The second-order valence-electron chi connectivity index (χ2n) is 3.75. The molecule has 2 rings (SSSR count). The quantitative estimate of drug-likeness (QED) is 0.833. The van der Waals surface area contributed by atoms with Crippen molar-refractivity contribution in [2.45, 2.75) is 12.3 Å². The summed E-state index contributed by atoms with van der Waals surface area (Å²) in [7, 11) is 0. The number of benzene rings is 1. The minimum absolute atomic E-state index is 0.0432. The van der Waals surface area contributed by atoms with Gasteiger partial charge >= 0.3 is 0 Å². The van der Waals surface area contributed by atoms with Crippen LogP contribution in [0.15, 0.2) is 29.1 Å². The predicted octanol–water partition coefficient (Wildman–Crippen LogP) is 3.10. The molecule has 0 aliphatic heterocycles. The first kappa shape index (κ1) is 12.9. The molecule has 94 valence electrons. The summed E-state index contributed by atoms with van der Waals surface area (Å²) >= 11 is 11.8. The molecule has 0 spiro atoms. The second kappa shape index (κ2) is 5.00. The van der Waals surface area contributed by atoms with Crippen LogP contribution in [0.5, 0.6) is 5.88 Å². The van der Waals surface area contributed by atoms with E-state index in [-0.39, 0.29) is 17.3 Å². The first-order valence-corrected chi connectivity index (χ1v) is 6.04. The lowest BCUT2D eigenvalue weighted by Gasteiger charge is -2.08. The summed E-state index contributed by atoms with van der Waals surface area (Å²) in [5.74, 6) is -0.163. The normalized spacial score (nSPS) is 12.4. The van der Waals surface area contributed by atoms with Crippen LogP contribution in [0, 0.1) is 0 Å². The highest BCUT2D eigenvalue weighted by Crippen LogP contribution is 2.30. The van der Waals surface area contributed by atoms with Gasteiger partial charge in [0.25, 0.3) is 5.56 Å². The van der Waals surface area contributed by atoms with Gasteiger partial charge in [-0.15, -0.1) is 11.6 Å². The third-order valence-electron chi connectivity index (χ3n) is 2.44. The summed E-state index contributed by atoms with van der Waals surface area (Å²) < 4.78 is 0. The van der Waals surface area contributed by atoms with Gasteiger partial charge in [0, 0.05) is 10.6 Å². The fourth-order valence-electron chi connectivity index (χ4n) is 1.57. The van der Waals surface area contributed by atoms with E-state index < -0.39 is 10.9 Å². The lowest BCUT2D eigenvalue weighted by molar-refractivity contribution is 0.450. The highest BCUT2D eigenvalue weighted by molar-refractivity contribution is 6.33. The number of aromatic hydroxyl groups is 1. The van der Waals surface area contributed by atoms with Crippen LogP contribution in [0.2, 0.25) is 5.02 Å². The van der Waals surface area contributed by atoms with E-state index in [4.69, 9.17) is 23.2 Å². The molecule has 1 unspecified atom stereocenters. The molecule has 0 bridgehead atoms. The SMILES string of the molecule is CC(Cl)c1nc(O)c(-c2ccccc2Cl)c(=O)[nH]1. The Kier molecular flexibility index (Phi) is 3.59. The monoisotopic (exact) mass is 284 g/mol. The summed E-state index contributed by atoms with van der Waals surface area (Å²) in [4.78, 5) is 18.3. The molecule has 6 heteroatoms. The third kappa shape index (κ3) is 2.35. The first-order chi connectivity index (χ1) is 8.50. The molecule has 0 fully saturated rings. The van der Waals surface area contributed by atoms with Gasteiger partial charge in [0.2, 0.25) is 5.88 Å². The molecule has 2 aromatic rings. The minimum Gasteiger partial charge on any atom is -0.493 e. The van der Waals surface area contributed by atoms with Gasteiger partial charge in [0.15, 0.2) is 0 Å². The molecule has 0 aliphatic carbocycles. The number of aromatic amines is 1. The maximum Gasteiger partial charge on any atom is 0.262 e. The fraction of sp³-hybridized carbons (Fsp3) is 0.167.